The Balaban J connectivity index is 1.44. The Morgan fingerprint density at radius 3 is 2.79 bits per heavy atom. The molecule has 202 valence electrons. The summed E-state index contributed by atoms with van der Waals surface area (Å²) in [6.45, 7) is 2.87. The van der Waals surface area contributed by atoms with Crippen LogP contribution in [-0.2, 0) is 25.6 Å². The predicted molar refractivity (Wildman–Crippen MR) is 150 cm³/mol. The number of hydrogen-bond donors (Lipinski definition) is 2. The van der Waals surface area contributed by atoms with Crippen molar-refractivity contribution in [3.05, 3.63) is 48.3 Å². The number of primary amides is 1. The van der Waals surface area contributed by atoms with Gasteiger partial charge in [0.15, 0.2) is 11.6 Å². The first-order valence-electron chi connectivity index (χ1n) is 12.0. The SMILES string of the molecule is CN(c1cc(OCC(N)=O)cc2cc(C3=NCC(CN4CCS(=O)CC4)S3)[nH]c12)S(=O)(=O)c1ccccn1. The number of fused-ring (bicyclic) bond motifs is 1. The van der Waals surface area contributed by atoms with Crippen LogP contribution in [-0.4, -0.2) is 95.0 Å². The lowest BCUT2D eigenvalue weighted by Gasteiger charge is -2.27. The van der Waals surface area contributed by atoms with Gasteiger partial charge in [-0.25, -0.2) is 4.98 Å². The smallest absolute Gasteiger partial charge is 0.281 e. The van der Waals surface area contributed by atoms with Gasteiger partial charge in [0.05, 0.1) is 23.4 Å². The minimum absolute atomic E-state index is 0.0917. The number of benzene rings is 1. The number of aliphatic imine (C=N–C) groups is 1. The summed E-state index contributed by atoms with van der Waals surface area (Å²) in [7, 11) is -3.24. The number of carbonyl (C=O) groups excluding carboxylic acids is 1. The molecule has 0 aliphatic carbocycles. The maximum atomic E-state index is 13.4. The topological polar surface area (TPSA) is 151 Å². The first-order valence-corrected chi connectivity index (χ1v) is 15.8. The molecule has 4 heterocycles. The number of carbonyl (C=O) groups is 1. The summed E-state index contributed by atoms with van der Waals surface area (Å²) in [4.78, 5) is 25.7. The Bertz CT molecular complexity index is 1500. The van der Waals surface area contributed by atoms with Crippen LogP contribution in [0.4, 0.5) is 5.69 Å². The highest BCUT2D eigenvalue weighted by molar-refractivity contribution is 8.15. The van der Waals surface area contributed by atoms with Gasteiger partial charge in [-0.1, -0.05) is 17.8 Å². The van der Waals surface area contributed by atoms with E-state index in [1.54, 1.807) is 36.0 Å². The molecule has 1 saturated heterocycles. The van der Waals surface area contributed by atoms with Gasteiger partial charge in [0, 0.05) is 71.9 Å². The standard InChI is InChI=1S/C24H28N6O5S3/c1-29(38(33,34)22-4-2-3-5-26-22)20-12-17(35-15-21(25)31)10-16-11-19(28-23(16)20)24-27-13-18(36-24)14-30-6-8-37(32)9-7-30/h2-5,10-12,18,28H,6-9,13-15H2,1H3,(H2,25,31). The third-order valence-electron chi connectivity index (χ3n) is 6.34. The second kappa shape index (κ2) is 11.0. The molecule has 3 aromatic rings. The van der Waals surface area contributed by atoms with Gasteiger partial charge >= 0.3 is 0 Å². The zero-order chi connectivity index (χ0) is 26.9. The summed E-state index contributed by atoms with van der Waals surface area (Å²) in [5.41, 5.74) is 6.93. The number of sulfonamides is 1. The molecule has 1 amide bonds. The van der Waals surface area contributed by atoms with Crippen LogP contribution in [0.15, 0.2) is 52.6 Å². The molecular weight excluding hydrogens is 549 g/mol. The van der Waals surface area contributed by atoms with Crippen LogP contribution in [0.5, 0.6) is 5.75 Å². The Morgan fingerprint density at radius 1 is 1.29 bits per heavy atom. The minimum atomic E-state index is -3.98. The monoisotopic (exact) mass is 576 g/mol. The third-order valence-corrected chi connectivity index (χ3v) is 10.5. The molecule has 3 N–H and O–H groups in total. The van der Waals surface area contributed by atoms with E-state index in [1.165, 1.54) is 19.3 Å². The van der Waals surface area contributed by atoms with E-state index in [0.717, 1.165) is 34.7 Å². The van der Waals surface area contributed by atoms with Crippen LogP contribution in [0.25, 0.3) is 10.9 Å². The number of rotatable bonds is 9. The van der Waals surface area contributed by atoms with Crippen molar-refractivity contribution < 1.29 is 22.2 Å². The summed E-state index contributed by atoms with van der Waals surface area (Å²) in [6, 6.07) is 9.87. The maximum Gasteiger partial charge on any atom is 0.281 e. The summed E-state index contributed by atoms with van der Waals surface area (Å²) in [5, 5.41) is 1.73. The number of nitrogens with two attached hydrogens (primary N) is 1. The Labute approximate surface area is 227 Å². The quantitative estimate of drug-likeness (QED) is 0.385. The van der Waals surface area contributed by atoms with Gasteiger partial charge in [-0.05, 0) is 24.3 Å². The first kappa shape index (κ1) is 26.7. The van der Waals surface area contributed by atoms with E-state index in [2.05, 4.69) is 14.9 Å². The Hall–Kier alpha value is -2.94. The van der Waals surface area contributed by atoms with Crippen molar-refractivity contribution in [2.24, 2.45) is 10.7 Å². The zero-order valence-corrected chi connectivity index (χ0v) is 23.2. The number of pyridine rings is 1. The second-order valence-corrected chi connectivity index (χ2v) is 13.9. The second-order valence-electron chi connectivity index (χ2n) is 9.02. The lowest BCUT2D eigenvalue weighted by atomic mass is 10.2. The molecule has 0 radical (unpaired) electrons. The molecule has 11 nitrogen and oxygen atoms in total. The van der Waals surface area contributed by atoms with Crippen molar-refractivity contribution in [1.29, 1.82) is 0 Å². The molecule has 2 aromatic heterocycles. The summed E-state index contributed by atoms with van der Waals surface area (Å²) in [6.07, 6.45) is 1.42. The number of aromatic amines is 1. The first-order chi connectivity index (χ1) is 18.2. The number of H-pyrrole nitrogens is 1. The average molecular weight is 577 g/mol. The van der Waals surface area contributed by atoms with Crippen molar-refractivity contribution in [3.63, 3.8) is 0 Å². The zero-order valence-electron chi connectivity index (χ0n) is 20.7. The lowest BCUT2D eigenvalue weighted by molar-refractivity contribution is -0.119. The van der Waals surface area contributed by atoms with Gasteiger partial charge in [-0.2, -0.15) is 8.42 Å². The molecule has 0 spiro atoms. The summed E-state index contributed by atoms with van der Waals surface area (Å²) < 4.78 is 45.0. The summed E-state index contributed by atoms with van der Waals surface area (Å²) in [5.74, 6) is 1.09. The average Bonchev–Trinajstić information content (AvgIpc) is 3.55. The van der Waals surface area contributed by atoms with Crippen molar-refractivity contribution in [3.8, 4) is 5.75 Å². The number of thioether (sulfide) groups is 1. The van der Waals surface area contributed by atoms with E-state index in [1.807, 2.05) is 6.07 Å². The Kier molecular flexibility index (Phi) is 7.75. The molecular formula is C24H28N6O5S3. The highest BCUT2D eigenvalue weighted by atomic mass is 32.2. The third kappa shape index (κ3) is 5.72. The molecule has 1 unspecified atom stereocenters. The van der Waals surface area contributed by atoms with Crippen molar-refractivity contribution in [2.75, 3.05) is 55.6 Å². The molecule has 5 rings (SSSR count). The van der Waals surface area contributed by atoms with Crippen molar-refractivity contribution in [2.45, 2.75) is 10.3 Å². The van der Waals surface area contributed by atoms with Gasteiger partial charge in [0.1, 0.15) is 10.8 Å². The number of amides is 1. The maximum absolute atomic E-state index is 13.4. The van der Waals surface area contributed by atoms with Gasteiger partial charge in [-0.15, -0.1) is 0 Å². The van der Waals surface area contributed by atoms with E-state index < -0.39 is 26.7 Å². The fourth-order valence-corrected chi connectivity index (χ4v) is 7.77. The number of hydrogen-bond acceptors (Lipinski definition) is 9. The van der Waals surface area contributed by atoms with E-state index in [9.17, 15) is 17.4 Å². The predicted octanol–water partition coefficient (Wildman–Crippen LogP) is 1.18. The normalized spacial score (nSPS) is 19.0. The number of ether oxygens (including phenoxy) is 1. The molecule has 1 aromatic carbocycles. The van der Waals surface area contributed by atoms with E-state index in [-0.39, 0.29) is 16.9 Å². The van der Waals surface area contributed by atoms with E-state index >= 15 is 0 Å². The number of aromatic nitrogens is 2. The molecule has 14 heteroatoms. The number of nitrogens with zero attached hydrogens (tertiary/aromatic N) is 4. The molecule has 0 saturated carbocycles. The van der Waals surface area contributed by atoms with E-state index in [4.69, 9.17) is 15.5 Å². The molecule has 1 atom stereocenters. The van der Waals surface area contributed by atoms with Crippen LogP contribution < -0.4 is 14.8 Å². The lowest BCUT2D eigenvalue weighted by Crippen LogP contribution is -2.41. The van der Waals surface area contributed by atoms with Gasteiger partial charge in [0.25, 0.3) is 15.9 Å². The van der Waals surface area contributed by atoms with E-state index in [0.29, 0.717) is 40.4 Å². The van der Waals surface area contributed by atoms with Crippen LogP contribution >= 0.6 is 11.8 Å². The largest absolute Gasteiger partial charge is 0.484 e. The summed E-state index contributed by atoms with van der Waals surface area (Å²) >= 11 is 1.68. The van der Waals surface area contributed by atoms with Crippen LogP contribution in [0, 0.1) is 0 Å². The minimum Gasteiger partial charge on any atom is -0.484 e. The molecule has 2 aliphatic rings. The molecule has 0 bridgehead atoms. The molecule has 38 heavy (non-hydrogen) atoms. The van der Waals surface area contributed by atoms with Gasteiger partial charge in [0.2, 0.25) is 0 Å². The van der Waals surface area contributed by atoms with Crippen LogP contribution in [0.1, 0.15) is 5.69 Å². The highest BCUT2D eigenvalue weighted by Gasteiger charge is 2.28. The molecule has 2 aliphatic heterocycles. The van der Waals surface area contributed by atoms with Gasteiger partial charge in [-0.3, -0.25) is 18.3 Å². The fraction of sp³-hybridized carbons (Fsp3) is 0.375. The fourth-order valence-electron chi connectivity index (χ4n) is 4.38. The Morgan fingerprint density at radius 2 is 2.08 bits per heavy atom. The molecule has 1 fully saturated rings. The highest BCUT2D eigenvalue weighted by Crippen LogP contribution is 2.36. The van der Waals surface area contributed by atoms with Crippen molar-refractivity contribution >= 4 is 60.1 Å². The number of nitrogens with one attached hydrogen (secondary N) is 1. The van der Waals surface area contributed by atoms with Crippen LogP contribution in [0.3, 0.4) is 0 Å². The number of anilines is 1. The van der Waals surface area contributed by atoms with Gasteiger partial charge < -0.3 is 20.4 Å². The van der Waals surface area contributed by atoms with Crippen molar-refractivity contribution in [1.82, 2.24) is 14.9 Å². The van der Waals surface area contributed by atoms with Crippen LogP contribution in [0.2, 0.25) is 0 Å².